The second-order valence-corrected chi connectivity index (χ2v) is 8.35. The van der Waals surface area contributed by atoms with Crippen molar-refractivity contribution in [1.29, 1.82) is 0 Å². The lowest BCUT2D eigenvalue weighted by molar-refractivity contribution is -0.133. The number of thioether (sulfide) groups is 1. The van der Waals surface area contributed by atoms with Crippen LogP contribution in [0, 0.1) is 5.41 Å². The first-order valence-corrected chi connectivity index (χ1v) is 10.6. The normalized spacial score (nSPS) is 22.7. The van der Waals surface area contributed by atoms with E-state index in [0.29, 0.717) is 23.8 Å². The summed E-state index contributed by atoms with van der Waals surface area (Å²) >= 11 is 3.55. The largest absolute Gasteiger partial charge is 0.335 e. The van der Waals surface area contributed by atoms with Crippen LogP contribution in [0.4, 0.5) is 0 Å². The van der Waals surface area contributed by atoms with Gasteiger partial charge in [0.05, 0.1) is 0 Å². The number of amides is 1. The van der Waals surface area contributed by atoms with E-state index in [1.807, 2.05) is 11.8 Å². The first-order chi connectivity index (χ1) is 10.7. The molecule has 2 fully saturated rings. The Bertz CT molecular complexity index is 483. The minimum Gasteiger partial charge on any atom is -0.335 e. The van der Waals surface area contributed by atoms with Crippen LogP contribution in [-0.2, 0) is 11.3 Å². The fourth-order valence-electron chi connectivity index (χ4n) is 3.69. The SMILES string of the molecule is CSCCCC(=O)N(Cc1ccsc1)C1CC12CCNCC2. The van der Waals surface area contributed by atoms with Gasteiger partial charge >= 0.3 is 0 Å². The highest BCUT2D eigenvalue weighted by Crippen LogP contribution is 2.56. The minimum absolute atomic E-state index is 0.362. The summed E-state index contributed by atoms with van der Waals surface area (Å²) in [6.45, 7) is 3.04. The molecule has 1 amide bonds. The van der Waals surface area contributed by atoms with Gasteiger partial charge in [-0.05, 0) is 78.6 Å². The number of hydrogen-bond donors (Lipinski definition) is 1. The first-order valence-electron chi connectivity index (χ1n) is 8.25. The molecule has 1 saturated heterocycles. The third kappa shape index (κ3) is 3.69. The van der Waals surface area contributed by atoms with Gasteiger partial charge in [0.25, 0.3) is 0 Å². The molecule has 1 aromatic heterocycles. The Morgan fingerprint density at radius 2 is 2.32 bits per heavy atom. The highest BCUT2D eigenvalue weighted by molar-refractivity contribution is 7.98. The zero-order chi connectivity index (χ0) is 15.4. The third-order valence-electron chi connectivity index (χ3n) is 5.11. The van der Waals surface area contributed by atoms with E-state index in [1.54, 1.807) is 11.3 Å². The monoisotopic (exact) mass is 338 g/mol. The Labute approximate surface area is 141 Å². The van der Waals surface area contributed by atoms with Gasteiger partial charge in [0.15, 0.2) is 0 Å². The van der Waals surface area contributed by atoms with Gasteiger partial charge in [-0.1, -0.05) is 0 Å². The Kier molecular flexibility index (Phi) is 5.47. The molecule has 0 bridgehead atoms. The van der Waals surface area contributed by atoms with Crippen molar-refractivity contribution in [2.24, 2.45) is 5.41 Å². The highest BCUT2D eigenvalue weighted by Gasteiger charge is 2.57. The van der Waals surface area contributed by atoms with Crippen molar-refractivity contribution < 1.29 is 4.79 Å². The molecule has 1 aromatic rings. The second kappa shape index (κ2) is 7.37. The summed E-state index contributed by atoms with van der Waals surface area (Å²) in [5.41, 5.74) is 1.72. The summed E-state index contributed by atoms with van der Waals surface area (Å²) < 4.78 is 0. The molecule has 122 valence electrons. The maximum Gasteiger partial charge on any atom is 0.223 e. The van der Waals surface area contributed by atoms with Gasteiger partial charge in [-0.3, -0.25) is 4.79 Å². The maximum absolute atomic E-state index is 12.8. The molecule has 3 rings (SSSR count). The van der Waals surface area contributed by atoms with Crippen LogP contribution < -0.4 is 5.32 Å². The third-order valence-corrected chi connectivity index (χ3v) is 6.54. The van der Waals surface area contributed by atoms with Crippen LogP contribution >= 0.6 is 23.1 Å². The summed E-state index contributed by atoms with van der Waals surface area (Å²) in [6.07, 6.45) is 7.49. The lowest BCUT2D eigenvalue weighted by Crippen LogP contribution is -2.39. The molecule has 1 saturated carbocycles. The molecule has 1 unspecified atom stereocenters. The maximum atomic E-state index is 12.8. The summed E-state index contributed by atoms with van der Waals surface area (Å²) in [4.78, 5) is 15.0. The lowest BCUT2D eigenvalue weighted by atomic mass is 9.93. The van der Waals surface area contributed by atoms with Crippen molar-refractivity contribution in [3.63, 3.8) is 0 Å². The topological polar surface area (TPSA) is 32.3 Å². The number of carbonyl (C=O) groups is 1. The minimum atomic E-state index is 0.362. The Morgan fingerprint density at radius 3 is 3.00 bits per heavy atom. The molecule has 22 heavy (non-hydrogen) atoms. The molecule has 1 N–H and O–H groups in total. The van der Waals surface area contributed by atoms with Gasteiger partial charge in [0.1, 0.15) is 0 Å². The van der Waals surface area contributed by atoms with Gasteiger partial charge in [-0.15, -0.1) is 0 Å². The van der Waals surface area contributed by atoms with Crippen LogP contribution in [0.5, 0.6) is 0 Å². The van der Waals surface area contributed by atoms with Crippen molar-refractivity contribution in [2.45, 2.75) is 44.7 Å². The average Bonchev–Trinajstić information content (AvgIpc) is 2.98. The summed E-state index contributed by atoms with van der Waals surface area (Å²) in [6, 6.07) is 2.64. The Morgan fingerprint density at radius 1 is 1.50 bits per heavy atom. The van der Waals surface area contributed by atoms with Crippen LogP contribution in [0.3, 0.4) is 0 Å². The predicted molar refractivity (Wildman–Crippen MR) is 95.4 cm³/mol. The van der Waals surface area contributed by atoms with Crippen molar-refractivity contribution in [3.8, 4) is 0 Å². The number of nitrogens with zero attached hydrogens (tertiary/aromatic N) is 1. The molecule has 1 atom stereocenters. The highest BCUT2D eigenvalue weighted by atomic mass is 32.2. The molecule has 5 heteroatoms. The Hall–Kier alpha value is -0.520. The molecule has 0 radical (unpaired) electrons. The van der Waals surface area contributed by atoms with Crippen LogP contribution in [0.1, 0.15) is 37.7 Å². The van der Waals surface area contributed by atoms with E-state index in [0.717, 1.165) is 31.8 Å². The van der Waals surface area contributed by atoms with Crippen molar-refractivity contribution in [2.75, 3.05) is 25.1 Å². The number of piperidine rings is 1. The molecule has 3 nitrogen and oxygen atoms in total. The summed E-state index contributed by atoms with van der Waals surface area (Å²) in [7, 11) is 0. The number of carbonyl (C=O) groups excluding carboxylic acids is 1. The van der Waals surface area contributed by atoms with Crippen LogP contribution in [-0.4, -0.2) is 41.9 Å². The molecule has 1 aliphatic heterocycles. The predicted octanol–water partition coefficient (Wildman–Crippen LogP) is 3.36. The van der Waals surface area contributed by atoms with Crippen molar-refractivity contribution >= 4 is 29.0 Å². The van der Waals surface area contributed by atoms with E-state index < -0.39 is 0 Å². The van der Waals surface area contributed by atoms with Gasteiger partial charge in [0, 0.05) is 19.0 Å². The van der Waals surface area contributed by atoms with Gasteiger partial charge in [-0.2, -0.15) is 23.1 Å². The standard InChI is InChI=1S/C17H26N2OS2/c1-21-9-2-3-16(20)19(12-14-4-10-22-13-14)15-11-17(15)5-7-18-8-6-17/h4,10,13,15,18H,2-3,5-9,11-12H2,1H3. The number of nitrogens with one attached hydrogen (secondary N) is 1. The summed E-state index contributed by atoms with van der Waals surface area (Å²) in [5, 5.41) is 7.74. The number of rotatable bonds is 7. The van der Waals surface area contributed by atoms with E-state index in [4.69, 9.17) is 0 Å². The summed E-state index contributed by atoms with van der Waals surface area (Å²) in [5.74, 6) is 1.44. The van der Waals surface area contributed by atoms with Crippen LogP contribution in [0.2, 0.25) is 0 Å². The zero-order valence-electron chi connectivity index (χ0n) is 13.3. The molecule has 1 aliphatic carbocycles. The molecular formula is C17H26N2OS2. The molecule has 1 spiro atoms. The first kappa shape index (κ1) is 16.3. The zero-order valence-corrected chi connectivity index (χ0v) is 15.0. The molecule has 2 heterocycles. The quantitative estimate of drug-likeness (QED) is 0.774. The molecule has 0 aromatic carbocycles. The van der Waals surface area contributed by atoms with E-state index in [9.17, 15) is 4.79 Å². The van der Waals surface area contributed by atoms with E-state index in [2.05, 4.69) is 33.3 Å². The second-order valence-electron chi connectivity index (χ2n) is 6.58. The molecular weight excluding hydrogens is 312 g/mol. The number of hydrogen-bond acceptors (Lipinski definition) is 4. The Balaban J connectivity index is 1.65. The fraction of sp³-hybridized carbons (Fsp3) is 0.706. The smallest absolute Gasteiger partial charge is 0.223 e. The van der Waals surface area contributed by atoms with E-state index >= 15 is 0 Å². The fourth-order valence-corrected chi connectivity index (χ4v) is 4.78. The van der Waals surface area contributed by atoms with Crippen molar-refractivity contribution in [3.05, 3.63) is 22.4 Å². The van der Waals surface area contributed by atoms with Gasteiger partial charge in [-0.25, -0.2) is 0 Å². The van der Waals surface area contributed by atoms with Crippen LogP contribution in [0.15, 0.2) is 16.8 Å². The lowest BCUT2D eigenvalue weighted by Gasteiger charge is -2.29. The van der Waals surface area contributed by atoms with Gasteiger partial charge < -0.3 is 10.2 Å². The van der Waals surface area contributed by atoms with E-state index in [1.165, 1.54) is 24.8 Å². The van der Waals surface area contributed by atoms with E-state index in [-0.39, 0.29) is 0 Å². The van der Waals surface area contributed by atoms with Crippen LogP contribution in [0.25, 0.3) is 0 Å². The molecule has 2 aliphatic rings. The average molecular weight is 339 g/mol. The van der Waals surface area contributed by atoms with Gasteiger partial charge in [0.2, 0.25) is 5.91 Å². The number of thiophene rings is 1. The van der Waals surface area contributed by atoms with Crippen molar-refractivity contribution in [1.82, 2.24) is 10.2 Å².